The Balaban J connectivity index is 1.36. The van der Waals surface area contributed by atoms with Crippen molar-refractivity contribution >= 4 is 33.3 Å². The standard InChI is InChI=1S/C17H22N4O2S/c1-12(23-10-13-2-3-13)17(22)21-7-5-20(6-8-21)15-14-4-9-24-16(14)19-11-18-15/h4,9,11-13H,2-3,5-8,10H2,1H3. The van der Waals surface area contributed by atoms with Gasteiger partial charge in [0, 0.05) is 26.2 Å². The fourth-order valence-electron chi connectivity index (χ4n) is 3.06. The van der Waals surface area contributed by atoms with Crippen LogP contribution in [0.25, 0.3) is 10.2 Å². The normalized spacial score (nSPS) is 19.7. The largest absolute Gasteiger partial charge is 0.368 e. The minimum Gasteiger partial charge on any atom is -0.368 e. The van der Waals surface area contributed by atoms with Gasteiger partial charge in [-0.3, -0.25) is 4.79 Å². The zero-order chi connectivity index (χ0) is 16.5. The van der Waals surface area contributed by atoms with Crippen molar-refractivity contribution in [3.05, 3.63) is 17.8 Å². The number of hydrogen-bond acceptors (Lipinski definition) is 6. The molecular weight excluding hydrogens is 324 g/mol. The molecule has 1 saturated carbocycles. The molecule has 2 aromatic heterocycles. The molecule has 3 heterocycles. The van der Waals surface area contributed by atoms with E-state index in [1.54, 1.807) is 17.7 Å². The summed E-state index contributed by atoms with van der Waals surface area (Å²) in [6.45, 7) is 5.61. The zero-order valence-electron chi connectivity index (χ0n) is 13.9. The van der Waals surface area contributed by atoms with Crippen molar-refractivity contribution in [1.82, 2.24) is 14.9 Å². The summed E-state index contributed by atoms with van der Waals surface area (Å²) in [5.41, 5.74) is 0. The lowest BCUT2D eigenvalue weighted by atomic mass is 10.2. The maximum Gasteiger partial charge on any atom is 0.251 e. The molecule has 128 valence electrons. The summed E-state index contributed by atoms with van der Waals surface area (Å²) in [6.07, 6.45) is 3.78. The van der Waals surface area contributed by atoms with Crippen molar-refractivity contribution in [3.8, 4) is 0 Å². The van der Waals surface area contributed by atoms with E-state index in [1.807, 2.05) is 17.2 Å². The van der Waals surface area contributed by atoms with E-state index in [2.05, 4.69) is 20.9 Å². The average Bonchev–Trinajstić information content (AvgIpc) is 3.33. The number of piperazine rings is 1. The molecular formula is C17H22N4O2S. The average molecular weight is 346 g/mol. The molecule has 1 saturated heterocycles. The summed E-state index contributed by atoms with van der Waals surface area (Å²) in [4.78, 5) is 26.4. The molecule has 0 spiro atoms. The Morgan fingerprint density at radius 3 is 2.88 bits per heavy atom. The molecule has 0 aromatic carbocycles. The highest BCUT2D eigenvalue weighted by molar-refractivity contribution is 7.16. The van der Waals surface area contributed by atoms with Gasteiger partial charge in [0.15, 0.2) is 0 Å². The predicted octanol–water partition coefficient (Wildman–Crippen LogP) is 2.15. The SMILES string of the molecule is CC(OCC1CC1)C(=O)N1CCN(c2ncnc3sccc23)CC1. The third kappa shape index (κ3) is 3.23. The summed E-state index contributed by atoms with van der Waals surface area (Å²) >= 11 is 1.63. The Hall–Kier alpha value is -1.73. The van der Waals surface area contributed by atoms with E-state index in [1.165, 1.54) is 12.8 Å². The number of hydrogen-bond donors (Lipinski definition) is 0. The summed E-state index contributed by atoms with van der Waals surface area (Å²) in [5, 5.41) is 3.14. The van der Waals surface area contributed by atoms with Crippen molar-refractivity contribution in [1.29, 1.82) is 0 Å². The van der Waals surface area contributed by atoms with E-state index >= 15 is 0 Å². The first kappa shape index (κ1) is 15.8. The van der Waals surface area contributed by atoms with Crippen LogP contribution in [0.5, 0.6) is 0 Å². The van der Waals surface area contributed by atoms with Crippen LogP contribution in [-0.2, 0) is 9.53 Å². The van der Waals surface area contributed by atoms with Crippen molar-refractivity contribution in [3.63, 3.8) is 0 Å². The summed E-state index contributed by atoms with van der Waals surface area (Å²) in [6, 6.07) is 2.07. The van der Waals surface area contributed by atoms with Crippen LogP contribution in [0.3, 0.4) is 0 Å². The van der Waals surface area contributed by atoms with E-state index in [9.17, 15) is 4.79 Å². The number of carbonyl (C=O) groups is 1. The third-order valence-electron chi connectivity index (χ3n) is 4.76. The fraction of sp³-hybridized carbons (Fsp3) is 0.588. The molecule has 0 N–H and O–H groups in total. The number of amides is 1. The van der Waals surface area contributed by atoms with Gasteiger partial charge in [-0.2, -0.15) is 0 Å². The van der Waals surface area contributed by atoms with Crippen LogP contribution in [0.4, 0.5) is 5.82 Å². The highest BCUT2D eigenvalue weighted by atomic mass is 32.1. The Morgan fingerprint density at radius 2 is 2.12 bits per heavy atom. The first-order valence-electron chi connectivity index (χ1n) is 8.56. The van der Waals surface area contributed by atoms with Gasteiger partial charge in [0.2, 0.25) is 0 Å². The number of carbonyl (C=O) groups excluding carboxylic acids is 1. The second kappa shape index (κ2) is 6.64. The molecule has 4 rings (SSSR count). The van der Waals surface area contributed by atoms with Gasteiger partial charge in [-0.25, -0.2) is 9.97 Å². The molecule has 0 radical (unpaired) electrons. The Bertz CT molecular complexity index is 722. The summed E-state index contributed by atoms with van der Waals surface area (Å²) < 4.78 is 5.72. The number of ether oxygens (including phenoxy) is 1. The highest BCUT2D eigenvalue weighted by Crippen LogP contribution is 2.29. The molecule has 6 nitrogen and oxygen atoms in total. The molecule has 1 atom stereocenters. The number of nitrogens with zero attached hydrogens (tertiary/aromatic N) is 4. The Morgan fingerprint density at radius 1 is 1.33 bits per heavy atom. The number of aromatic nitrogens is 2. The van der Waals surface area contributed by atoms with Crippen molar-refractivity contribution in [2.24, 2.45) is 5.92 Å². The molecule has 1 aliphatic carbocycles. The second-order valence-electron chi connectivity index (χ2n) is 6.57. The maximum atomic E-state index is 12.5. The van der Waals surface area contributed by atoms with Crippen LogP contribution >= 0.6 is 11.3 Å². The van der Waals surface area contributed by atoms with Crippen LogP contribution in [0.1, 0.15) is 19.8 Å². The molecule has 1 unspecified atom stereocenters. The number of anilines is 1. The lowest BCUT2D eigenvalue weighted by Gasteiger charge is -2.36. The molecule has 2 fully saturated rings. The van der Waals surface area contributed by atoms with Gasteiger partial charge in [0.1, 0.15) is 23.1 Å². The van der Waals surface area contributed by atoms with E-state index in [4.69, 9.17) is 4.74 Å². The molecule has 2 aliphatic rings. The Kier molecular flexibility index (Phi) is 4.37. The van der Waals surface area contributed by atoms with Crippen LogP contribution in [-0.4, -0.2) is 59.7 Å². The van der Waals surface area contributed by atoms with Crippen LogP contribution in [0.2, 0.25) is 0 Å². The van der Waals surface area contributed by atoms with E-state index in [0.717, 1.165) is 35.7 Å². The molecule has 24 heavy (non-hydrogen) atoms. The van der Waals surface area contributed by atoms with E-state index < -0.39 is 0 Å². The van der Waals surface area contributed by atoms with Gasteiger partial charge in [-0.1, -0.05) is 0 Å². The monoisotopic (exact) mass is 346 g/mol. The van der Waals surface area contributed by atoms with Crippen LogP contribution in [0.15, 0.2) is 17.8 Å². The van der Waals surface area contributed by atoms with Gasteiger partial charge in [0.25, 0.3) is 5.91 Å². The summed E-state index contributed by atoms with van der Waals surface area (Å²) in [7, 11) is 0. The second-order valence-corrected chi connectivity index (χ2v) is 7.46. The lowest BCUT2D eigenvalue weighted by molar-refractivity contribution is -0.143. The first-order valence-corrected chi connectivity index (χ1v) is 9.44. The molecule has 2 aromatic rings. The van der Waals surface area contributed by atoms with Crippen LogP contribution in [0, 0.1) is 5.92 Å². The predicted molar refractivity (Wildman–Crippen MR) is 94.3 cm³/mol. The Labute approximate surface area is 145 Å². The smallest absolute Gasteiger partial charge is 0.251 e. The van der Waals surface area contributed by atoms with Gasteiger partial charge in [-0.05, 0) is 37.1 Å². The maximum absolute atomic E-state index is 12.5. The molecule has 1 amide bonds. The third-order valence-corrected chi connectivity index (χ3v) is 5.58. The number of fused-ring (bicyclic) bond motifs is 1. The van der Waals surface area contributed by atoms with E-state index in [0.29, 0.717) is 19.0 Å². The molecule has 1 aliphatic heterocycles. The van der Waals surface area contributed by atoms with Gasteiger partial charge >= 0.3 is 0 Å². The summed E-state index contributed by atoms with van der Waals surface area (Å²) in [5.74, 6) is 1.77. The highest BCUT2D eigenvalue weighted by Gasteiger charge is 2.28. The molecule has 7 heteroatoms. The number of rotatable bonds is 5. The van der Waals surface area contributed by atoms with Crippen molar-refractivity contribution in [2.75, 3.05) is 37.7 Å². The minimum atomic E-state index is -0.334. The minimum absolute atomic E-state index is 0.110. The first-order chi connectivity index (χ1) is 11.7. The van der Waals surface area contributed by atoms with Gasteiger partial charge in [-0.15, -0.1) is 11.3 Å². The van der Waals surface area contributed by atoms with E-state index in [-0.39, 0.29) is 12.0 Å². The fourth-order valence-corrected chi connectivity index (χ4v) is 3.79. The number of thiophene rings is 1. The quantitative estimate of drug-likeness (QED) is 0.830. The van der Waals surface area contributed by atoms with Crippen molar-refractivity contribution < 1.29 is 9.53 Å². The van der Waals surface area contributed by atoms with Crippen LogP contribution < -0.4 is 4.90 Å². The lowest BCUT2D eigenvalue weighted by Crippen LogP contribution is -2.51. The zero-order valence-corrected chi connectivity index (χ0v) is 14.7. The topological polar surface area (TPSA) is 58.6 Å². The van der Waals surface area contributed by atoms with Crippen molar-refractivity contribution in [2.45, 2.75) is 25.9 Å². The van der Waals surface area contributed by atoms with Gasteiger partial charge < -0.3 is 14.5 Å². The van der Waals surface area contributed by atoms with Gasteiger partial charge in [0.05, 0.1) is 12.0 Å². The molecule has 0 bridgehead atoms.